The van der Waals surface area contributed by atoms with Gasteiger partial charge in [-0.15, -0.1) is 0 Å². The summed E-state index contributed by atoms with van der Waals surface area (Å²) in [5.74, 6) is 1.41. The molecule has 4 heteroatoms. The molecule has 1 saturated carbocycles. The van der Waals surface area contributed by atoms with Crippen LogP contribution in [0.25, 0.3) is 0 Å². The summed E-state index contributed by atoms with van der Waals surface area (Å²) in [4.78, 5) is 0. The Morgan fingerprint density at radius 2 is 2.19 bits per heavy atom. The van der Waals surface area contributed by atoms with Crippen molar-refractivity contribution in [1.82, 2.24) is 0 Å². The molecule has 3 nitrogen and oxygen atoms in total. The Hall–Kier alpha value is -0.770. The molecule has 88 valence electrons. The van der Waals surface area contributed by atoms with Crippen LogP contribution in [0, 0.1) is 5.92 Å². The summed E-state index contributed by atoms with van der Waals surface area (Å²) in [6.07, 6.45) is 1.82. The number of ether oxygens (including phenoxy) is 1. The average molecular weight is 242 g/mol. The van der Waals surface area contributed by atoms with Gasteiger partial charge in [0.1, 0.15) is 5.75 Å². The second-order valence-electron chi connectivity index (χ2n) is 4.23. The molecule has 2 rings (SSSR count). The highest BCUT2D eigenvalue weighted by Crippen LogP contribution is 2.31. The summed E-state index contributed by atoms with van der Waals surface area (Å²) in [5.41, 5.74) is 6.11. The summed E-state index contributed by atoms with van der Waals surface area (Å²) in [7, 11) is 0. The number of benzene rings is 1. The van der Waals surface area contributed by atoms with Crippen LogP contribution < -0.4 is 10.5 Å². The number of halogens is 1. The number of aliphatic hydroxyl groups is 1. The van der Waals surface area contributed by atoms with Crippen LogP contribution in [0.15, 0.2) is 18.2 Å². The van der Waals surface area contributed by atoms with Crippen molar-refractivity contribution in [2.45, 2.75) is 18.9 Å². The predicted octanol–water partition coefficient (Wildman–Crippen LogP) is 2.12. The van der Waals surface area contributed by atoms with E-state index in [2.05, 4.69) is 0 Å². The predicted molar refractivity (Wildman–Crippen MR) is 63.7 cm³/mol. The van der Waals surface area contributed by atoms with Gasteiger partial charge in [-0.25, -0.2) is 0 Å². The molecule has 0 bridgehead atoms. The molecule has 0 heterocycles. The molecule has 1 aliphatic rings. The van der Waals surface area contributed by atoms with E-state index in [0.29, 0.717) is 22.3 Å². The Morgan fingerprint density at radius 1 is 1.44 bits per heavy atom. The molecule has 1 fully saturated rings. The minimum absolute atomic E-state index is 0.183. The van der Waals surface area contributed by atoms with Crippen molar-refractivity contribution < 1.29 is 9.84 Å². The van der Waals surface area contributed by atoms with Gasteiger partial charge >= 0.3 is 0 Å². The van der Waals surface area contributed by atoms with Gasteiger partial charge in [-0.1, -0.05) is 11.6 Å². The lowest BCUT2D eigenvalue weighted by Crippen LogP contribution is -2.11. The molecule has 0 aliphatic heterocycles. The first-order valence-electron chi connectivity index (χ1n) is 5.50. The van der Waals surface area contributed by atoms with Crippen molar-refractivity contribution in [2.24, 2.45) is 11.7 Å². The molecule has 0 aromatic heterocycles. The summed E-state index contributed by atoms with van der Waals surface area (Å²) in [5, 5.41) is 10.2. The lowest BCUT2D eigenvalue weighted by atomic mass is 10.1. The fourth-order valence-electron chi connectivity index (χ4n) is 1.49. The van der Waals surface area contributed by atoms with Gasteiger partial charge in [0.25, 0.3) is 0 Å². The first kappa shape index (κ1) is 11.7. The number of hydrogen-bond donors (Lipinski definition) is 2. The fourth-order valence-corrected chi connectivity index (χ4v) is 1.73. The van der Waals surface area contributed by atoms with Crippen LogP contribution in [0.3, 0.4) is 0 Å². The molecular weight excluding hydrogens is 226 g/mol. The van der Waals surface area contributed by atoms with E-state index in [0.717, 1.165) is 6.61 Å². The molecule has 1 atom stereocenters. The standard InChI is InChI=1S/C12H16ClNO2/c13-10-3-9(12(15)6-14)4-11(5-10)16-7-8-1-2-8/h3-5,8,12,15H,1-2,6-7,14H2. The molecule has 16 heavy (non-hydrogen) atoms. The van der Waals surface area contributed by atoms with Gasteiger partial charge in [-0.3, -0.25) is 0 Å². The van der Waals surface area contributed by atoms with Crippen LogP contribution in [0.5, 0.6) is 5.75 Å². The quantitative estimate of drug-likeness (QED) is 0.830. The van der Waals surface area contributed by atoms with Gasteiger partial charge in [0.2, 0.25) is 0 Å². The zero-order chi connectivity index (χ0) is 11.5. The van der Waals surface area contributed by atoms with E-state index < -0.39 is 6.10 Å². The minimum Gasteiger partial charge on any atom is -0.493 e. The number of aliphatic hydroxyl groups excluding tert-OH is 1. The SMILES string of the molecule is NCC(O)c1cc(Cl)cc(OCC2CC2)c1. The van der Waals surface area contributed by atoms with Crippen molar-refractivity contribution >= 4 is 11.6 Å². The number of nitrogens with two attached hydrogens (primary N) is 1. The minimum atomic E-state index is -0.679. The van der Waals surface area contributed by atoms with Crippen LogP contribution in [0.2, 0.25) is 5.02 Å². The van der Waals surface area contributed by atoms with Crippen molar-refractivity contribution in [1.29, 1.82) is 0 Å². The maximum atomic E-state index is 9.63. The highest BCUT2D eigenvalue weighted by Gasteiger charge is 2.22. The maximum absolute atomic E-state index is 9.63. The van der Waals surface area contributed by atoms with E-state index >= 15 is 0 Å². The average Bonchev–Trinajstić information content (AvgIpc) is 3.08. The second-order valence-corrected chi connectivity index (χ2v) is 4.66. The maximum Gasteiger partial charge on any atom is 0.121 e. The Bertz CT molecular complexity index is 366. The van der Waals surface area contributed by atoms with Crippen molar-refractivity contribution in [3.05, 3.63) is 28.8 Å². The Morgan fingerprint density at radius 3 is 2.81 bits per heavy atom. The summed E-state index contributed by atoms with van der Waals surface area (Å²) >= 11 is 5.95. The van der Waals surface area contributed by atoms with E-state index in [1.807, 2.05) is 0 Å². The van der Waals surface area contributed by atoms with Crippen LogP contribution >= 0.6 is 11.6 Å². The smallest absolute Gasteiger partial charge is 0.121 e. The fraction of sp³-hybridized carbons (Fsp3) is 0.500. The van der Waals surface area contributed by atoms with Crippen molar-refractivity contribution in [2.75, 3.05) is 13.2 Å². The van der Waals surface area contributed by atoms with Crippen molar-refractivity contribution in [3.63, 3.8) is 0 Å². The van der Waals surface area contributed by atoms with Gasteiger partial charge in [-0.05, 0) is 42.5 Å². The molecular formula is C12H16ClNO2. The highest BCUT2D eigenvalue weighted by atomic mass is 35.5. The third kappa shape index (κ3) is 3.11. The summed E-state index contributed by atoms with van der Waals surface area (Å²) in [6.45, 7) is 0.918. The lowest BCUT2D eigenvalue weighted by Gasteiger charge is -2.12. The van der Waals surface area contributed by atoms with Crippen LogP contribution in [-0.4, -0.2) is 18.3 Å². The highest BCUT2D eigenvalue weighted by molar-refractivity contribution is 6.30. The monoisotopic (exact) mass is 241 g/mol. The Balaban J connectivity index is 2.07. The molecule has 1 aromatic rings. The van der Waals surface area contributed by atoms with Crippen LogP contribution in [-0.2, 0) is 0 Å². The molecule has 0 radical (unpaired) electrons. The molecule has 0 spiro atoms. The topological polar surface area (TPSA) is 55.5 Å². The Labute approximate surface area is 100 Å². The van der Waals surface area contributed by atoms with Gasteiger partial charge in [0.05, 0.1) is 12.7 Å². The normalized spacial score (nSPS) is 17.2. The summed E-state index contributed by atoms with van der Waals surface area (Å²) < 4.78 is 5.61. The zero-order valence-electron chi connectivity index (χ0n) is 9.03. The largest absolute Gasteiger partial charge is 0.493 e. The van der Waals surface area contributed by atoms with Gasteiger partial charge < -0.3 is 15.6 Å². The van der Waals surface area contributed by atoms with E-state index in [4.69, 9.17) is 22.1 Å². The van der Waals surface area contributed by atoms with Crippen LogP contribution in [0.1, 0.15) is 24.5 Å². The molecule has 1 unspecified atom stereocenters. The molecule has 1 aromatic carbocycles. The van der Waals surface area contributed by atoms with Gasteiger partial charge in [-0.2, -0.15) is 0 Å². The molecule has 0 saturated heterocycles. The van der Waals surface area contributed by atoms with Crippen LogP contribution in [0.4, 0.5) is 0 Å². The third-order valence-electron chi connectivity index (χ3n) is 2.68. The lowest BCUT2D eigenvalue weighted by molar-refractivity contribution is 0.186. The van der Waals surface area contributed by atoms with Crippen molar-refractivity contribution in [3.8, 4) is 5.75 Å². The second kappa shape index (κ2) is 5.04. The van der Waals surface area contributed by atoms with Gasteiger partial charge in [0, 0.05) is 11.6 Å². The zero-order valence-corrected chi connectivity index (χ0v) is 9.78. The molecule has 0 amide bonds. The molecule has 3 N–H and O–H groups in total. The number of rotatable bonds is 5. The van der Waals surface area contributed by atoms with E-state index in [-0.39, 0.29) is 6.54 Å². The van der Waals surface area contributed by atoms with E-state index in [9.17, 15) is 5.11 Å². The van der Waals surface area contributed by atoms with E-state index in [1.54, 1.807) is 18.2 Å². The first-order chi connectivity index (χ1) is 7.69. The first-order valence-corrected chi connectivity index (χ1v) is 5.88. The third-order valence-corrected chi connectivity index (χ3v) is 2.90. The molecule has 1 aliphatic carbocycles. The van der Waals surface area contributed by atoms with E-state index in [1.165, 1.54) is 12.8 Å². The Kier molecular flexibility index (Phi) is 3.69. The number of hydrogen-bond acceptors (Lipinski definition) is 3. The van der Waals surface area contributed by atoms with Gasteiger partial charge in [0.15, 0.2) is 0 Å². The summed E-state index contributed by atoms with van der Waals surface area (Å²) in [6, 6.07) is 5.27.